The van der Waals surface area contributed by atoms with Gasteiger partial charge in [-0.15, -0.1) is 0 Å². The molecule has 0 bridgehead atoms. The van der Waals surface area contributed by atoms with Gasteiger partial charge in [-0.1, -0.05) is 0 Å². The molecule has 0 saturated heterocycles. The van der Waals surface area contributed by atoms with Crippen molar-refractivity contribution in [2.75, 3.05) is 0 Å². The molecule has 0 radical (unpaired) electrons. The van der Waals surface area contributed by atoms with Crippen molar-refractivity contribution < 1.29 is 21.8 Å². The predicted molar refractivity (Wildman–Crippen MR) is 24.7 cm³/mol. The summed E-state index contributed by atoms with van der Waals surface area (Å²) in [7, 11) is -5.07. The average molecular weight is 140 g/mol. The van der Waals surface area contributed by atoms with Gasteiger partial charge in [-0.25, -0.2) is 0 Å². The summed E-state index contributed by atoms with van der Waals surface area (Å²) in [6, 6.07) is 0. The summed E-state index contributed by atoms with van der Waals surface area (Å²) in [6.45, 7) is 0. The molecule has 7 heteroatoms. The second-order valence-electron chi connectivity index (χ2n) is 0.776. The topological polar surface area (TPSA) is 54.4 Å². The molecule has 0 heterocycles. The normalized spacial score (nSPS) is 11.0. The van der Waals surface area contributed by atoms with Gasteiger partial charge in [-0.05, 0) is 0 Å². The van der Waals surface area contributed by atoms with E-state index in [1.807, 2.05) is 0 Å². The molecule has 3 nitrogen and oxygen atoms in total. The van der Waals surface area contributed by atoms with Gasteiger partial charge in [-0.3, -0.25) is 4.55 Å². The number of hydrogen-bond acceptors (Lipinski definition) is 2. The van der Waals surface area contributed by atoms with E-state index in [0.717, 1.165) is 0 Å². The van der Waals surface area contributed by atoms with Crippen LogP contribution in [0.4, 0.5) is 8.78 Å². The molecule has 1 N–H and O–H groups in total. The molecule has 46 valence electrons. The molecule has 0 aromatic rings. The van der Waals surface area contributed by atoms with Crippen molar-refractivity contribution in [2.24, 2.45) is 0 Å². The van der Waals surface area contributed by atoms with E-state index in [4.69, 9.17) is 13.0 Å². The molecule has 0 rings (SSSR count). The van der Waals surface area contributed by atoms with Crippen LogP contribution in [0.1, 0.15) is 0 Å². The minimum absolute atomic E-state index is 0. The Hall–Kier alpha value is 0.367. The summed E-state index contributed by atoms with van der Waals surface area (Å²) in [4.78, 5) is 0. The van der Waals surface area contributed by atoms with Crippen LogP contribution in [-0.2, 0) is 10.1 Å². The Morgan fingerprint density at radius 2 is 1.50 bits per heavy atom. The molecule has 0 unspecified atom stereocenters. The van der Waals surface area contributed by atoms with E-state index in [1.54, 1.807) is 0 Å². The van der Waals surface area contributed by atoms with Gasteiger partial charge in [0.2, 0.25) is 0 Å². The summed E-state index contributed by atoms with van der Waals surface area (Å²) < 4.78 is 47.0. The van der Waals surface area contributed by atoms with Gasteiger partial charge in [0.1, 0.15) is 0 Å². The van der Waals surface area contributed by atoms with Crippen molar-refractivity contribution in [1.82, 2.24) is 0 Å². The van der Waals surface area contributed by atoms with Crippen molar-refractivity contribution in [1.29, 1.82) is 0 Å². The third-order valence-corrected chi connectivity index (χ3v) is 0.675. The van der Waals surface area contributed by atoms with E-state index in [-0.39, 0.29) is 18.9 Å². The van der Waals surface area contributed by atoms with Crippen LogP contribution in [0.3, 0.4) is 0 Å². The Morgan fingerprint density at radius 1 is 1.38 bits per heavy atom. The second-order valence-corrected chi connectivity index (χ2v) is 2.16. The number of hydrogen-bond donors (Lipinski definition) is 1. The van der Waals surface area contributed by atoms with Gasteiger partial charge in [0.05, 0.1) is 0 Å². The van der Waals surface area contributed by atoms with Gasteiger partial charge >= 0.3 is 34.7 Å². The number of halogens is 2. The maximum atomic E-state index is 10.7. The first-order valence-corrected chi connectivity index (χ1v) is 2.69. The monoisotopic (exact) mass is 140 g/mol. The van der Waals surface area contributed by atoms with Gasteiger partial charge in [0, 0.05) is 0 Å². The zero-order valence-electron chi connectivity index (χ0n) is 3.01. The molecule has 0 aliphatic rings. The van der Waals surface area contributed by atoms with Gasteiger partial charge in [-0.2, -0.15) is 17.2 Å². The van der Waals surface area contributed by atoms with Crippen LogP contribution in [0, 0.1) is 0 Å². The van der Waals surface area contributed by atoms with Gasteiger partial charge < -0.3 is 0 Å². The van der Waals surface area contributed by atoms with Crippen LogP contribution >= 0.6 is 0 Å². The quantitative estimate of drug-likeness (QED) is 0.392. The first kappa shape index (κ1) is 11.2. The Balaban J connectivity index is 0. The van der Waals surface area contributed by atoms with E-state index in [1.165, 1.54) is 0 Å². The summed E-state index contributed by atoms with van der Waals surface area (Å²) in [5, 5.41) is 0. The SMILES string of the molecule is O=S(=O)(O)C(F)F.[LiH]. The molecule has 0 aliphatic carbocycles. The number of rotatable bonds is 1. The van der Waals surface area contributed by atoms with Crippen LogP contribution in [0.15, 0.2) is 0 Å². The third-order valence-electron chi connectivity index (χ3n) is 0.225. The molecule has 0 saturated carbocycles. The molecule has 0 fully saturated rings. The van der Waals surface area contributed by atoms with E-state index in [9.17, 15) is 8.78 Å². The molecule has 8 heavy (non-hydrogen) atoms. The average Bonchev–Trinajstić information content (AvgIpc) is 1.31. The van der Waals surface area contributed by atoms with Crippen LogP contribution < -0.4 is 0 Å². The Kier molecular flexibility index (Phi) is 4.77. The first-order chi connectivity index (χ1) is 2.94. The van der Waals surface area contributed by atoms with Gasteiger partial charge in [0.25, 0.3) is 0 Å². The molecule has 0 spiro atoms. The molecule has 0 aliphatic heterocycles. The standard InChI is InChI=1S/CH2F2O3S.Li.H/c2-1(3)7(4,5)6;;/h1H,(H,4,5,6);;. The fourth-order valence-corrected chi connectivity index (χ4v) is 0. The summed E-state index contributed by atoms with van der Waals surface area (Å²) in [6.07, 6.45) is 0. The fraction of sp³-hybridized carbons (Fsp3) is 1.00. The zero-order valence-corrected chi connectivity index (χ0v) is 3.82. The minimum atomic E-state index is -5.07. The van der Waals surface area contributed by atoms with Crippen molar-refractivity contribution >= 4 is 29.0 Å². The van der Waals surface area contributed by atoms with Crippen molar-refractivity contribution in [2.45, 2.75) is 5.76 Å². The molecular weight excluding hydrogens is 137 g/mol. The van der Waals surface area contributed by atoms with Crippen LogP contribution in [0.25, 0.3) is 0 Å². The summed E-state index contributed by atoms with van der Waals surface area (Å²) >= 11 is 0. The summed E-state index contributed by atoms with van der Waals surface area (Å²) in [5.74, 6) is -3.67. The number of alkyl halides is 2. The van der Waals surface area contributed by atoms with Crippen molar-refractivity contribution in [3.05, 3.63) is 0 Å². The third kappa shape index (κ3) is 4.52. The van der Waals surface area contributed by atoms with Crippen LogP contribution in [-0.4, -0.2) is 37.6 Å². The molecule has 0 aromatic carbocycles. The molecular formula is CH3F2LiO3S. The molecule has 0 atom stereocenters. The molecule has 0 amide bonds. The second kappa shape index (κ2) is 3.40. The van der Waals surface area contributed by atoms with E-state index in [2.05, 4.69) is 0 Å². The van der Waals surface area contributed by atoms with Gasteiger partial charge in [0.15, 0.2) is 0 Å². The van der Waals surface area contributed by atoms with E-state index >= 15 is 0 Å². The maximum absolute atomic E-state index is 10.7. The van der Waals surface area contributed by atoms with E-state index < -0.39 is 15.9 Å². The summed E-state index contributed by atoms with van der Waals surface area (Å²) in [5.41, 5.74) is 0. The Labute approximate surface area is 57.0 Å². The molecule has 0 aromatic heterocycles. The zero-order chi connectivity index (χ0) is 6.08. The van der Waals surface area contributed by atoms with Crippen molar-refractivity contribution in [3.8, 4) is 0 Å². The Morgan fingerprint density at radius 3 is 1.50 bits per heavy atom. The predicted octanol–water partition coefficient (Wildman–Crippen LogP) is -0.552. The van der Waals surface area contributed by atoms with Crippen LogP contribution in [0.2, 0.25) is 0 Å². The van der Waals surface area contributed by atoms with Crippen LogP contribution in [0.5, 0.6) is 0 Å². The fourth-order valence-electron chi connectivity index (χ4n) is 0. The first-order valence-electron chi connectivity index (χ1n) is 1.19. The Bertz CT molecular complexity index is 139. The van der Waals surface area contributed by atoms with E-state index in [0.29, 0.717) is 0 Å². The van der Waals surface area contributed by atoms with Crippen molar-refractivity contribution in [3.63, 3.8) is 0 Å².